The van der Waals surface area contributed by atoms with Crippen LogP contribution in [0, 0.1) is 0 Å². The standard InChI is InChI=1S/C28H26ClN3O2/c1-28(2,3)19-12-10-18(11-13-19)26-23-24(21-6-4-5-7-22(21)33)30-31-25(23)27(34)32(26)16-17-8-14-20(29)15-9-17/h4-15,26,33H,16H2,1-3H3,(H,30,31). The molecule has 4 aromatic rings. The Labute approximate surface area is 204 Å². The molecule has 172 valence electrons. The minimum atomic E-state index is -0.347. The average Bonchev–Trinajstić information content (AvgIpc) is 3.34. The van der Waals surface area contributed by atoms with Crippen LogP contribution >= 0.6 is 11.6 Å². The number of aromatic hydroxyl groups is 1. The summed E-state index contributed by atoms with van der Waals surface area (Å²) >= 11 is 6.07. The van der Waals surface area contributed by atoms with Crippen LogP contribution in [0.25, 0.3) is 11.3 Å². The van der Waals surface area contributed by atoms with E-state index in [1.807, 2.05) is 41.3 Å². The molecule has 1 unspecified atom stereocenters. The zero-order chi connectivity index (χ0) is 24.0. The highest BCUT2D eigenvalue weighted by atomic mass is 35.5. The van der Waals surface area contributed by atoms with Crippen molar-refractivity contribution in [3.8, 4) is 17.0 Å². The van der Waals surface area contributed by atoms with E-state index in [4.69, 9.17) is 11.6 Å². The second-order valence-electron chi connectivity index (χ2n) is 9.71. The Morgan fingerprint density at radius 2 is 1.68 bits per heavy atom. The zero-order valence-electron chi connectivity index (χ0n) is 19.3. The number of rotatable bonds is 4. The molecule has 5 rings (SSSR count). The lowest BCUT2D eigenvalue weighted by molar-refractivity contribution is 0.0730. The van der Waals surface area contributed by atoms with Gasteiger partial charge in [0.05, 0.1) is 6.04 Å². The van der Waals surface area contributed by atoms with E-state index in [0.717, 1.165) is 16.7 Å². The number of amides is 1. The number of aromatic amines is 1. The number of nitrogens with one attached hydrogen (secondary N) is 1. The summed E-state index contributed by atoms with van der Waals surface area (Å²) in [5.41, 5.74) is 5.64. The maximum Gasteiger partial charge on any atom is 0.273 e. The Morgan fingerprint density at radius 3 is 2.32 bits per heavy atom. The molecule has 2 heterocycles. The van der Waals surface area contributed by atoms with E-state index in [-0.39, 0.29) is 23.1 Å². The average molecular weight is 472 g/mol. The number of hydrogen-bond acceptors (Lipinski definition) is 3. The highest BCUT2D eigenvalue weighted by Gasteiger charge is 2.42. The fraction of sp³-hybridized carbons (Fsp3) is 0.214. The van der Waals surface area contributed by atoms with Gasteiger partial charge in [-0.1, -0.05) is 80.9 Å². The van der Waals surface area contributed by atoms with Gasteiger partial charge >= 0.3 is 0 Å². The lowest BCUT2D eigenvalue weighted by Gasteiger charge is -2.27. The predicted molar refractivity (Wildman–Crippen MR) is 134 cm³/mol. The predicted octanol–water partition coefficient (Wildman–Crippen LogP) is 6.48. The molecule has 0 spiro atoms. The first-order valence-electron chi connectivity index (χ1n) is 11.3. The molecule has 0 fully saturated rings. The third-order valence-electron chi connectivity index (χ3n) is 6.38. The molecule has 0 saturated carbocycles. The summed E-state index contributed by atoms with van der Waals surface area (Å²) in [6, 6.07) is 22.7. The van der Waals surface area contributed by atoms with Gasteiger partial charge in [0.25, 0.3) is 5.91 Å². The topological polar surface area (TPSA) is 69.2 Å². The second kappa shape index (κ2) is 8.33. The highest BCUT2D eigenvalue weighted by Crippen LogP contribution is 2.45. The van der Waals surface area contributed by atoms with Gasteiger partial charge in [-0.05, 0) is 46.4 Å². The van der Waals surface area contributed by atoms with Crippen molar-refractivity contribution in [2.24, 2.45) is 0 Å². The van der Waals surface area contributed by atoms with E-state index in [9.17, 15) is 9.90 Å². The third kappa shape index (κ3) is 3.86. The summed E-state index contributed by atoms with van der Waals surface area (Å²) in [7, 11) is 0. The number of carbonyl (C=O) groups is 1. The van der Waals surface area contributed by atoms with E-state index < -0.39 is 0 Å². The van der Waals surface area contributed by atoms with E-state index in [1.54, 1.807) is 12.1 Å². The summed E-state index contributed by atoms with van der Waals surface area (Å²) in [6.07, 6.45) is 0. The molecule has 6 heteroatoms. The van der Waals surface area contributed by atoms with Gasteiger partial charge in [-0.25, -0.2) is 0 Å². The minimum Gasteiger partial charge on any atom is -0.507 e. The maximum absolute atomic E-state index is 13.6. The van der Waals surface area contributed by atoms with Crippen molar-refractivity contribution in [2.75, 3.05) is 0 Å². The largest absolute Gasteiger partial charge is 0.507 e. The molecule has 1 aliphatic heterocycles. The van der Waals surface area contributed by atoms with Crippen molar-refractivity contribution >= 4 is 17.5 Å². The number of hydrogen-bond donors (Lipinski definition) is 2. The molecule has 2 N–H and O–H groups in total. The first-order chi connectivity index (χ1) is 16.2. The molecule has 1 aromatic heterocycles. The van der Waals surface area contributed by atoms with Crippen LogP contribution in [-0.4, -0.2) is 26.1 Å². The number of halogens is 1. The van der Waals surface area contributed by atoms with Crippen molar-refractivity contribution < 1.29 is 9.90 Å². The molecule has 1 atom stereocenters. The number of nitrogens with zero attached hydrogens (tertiary/aromatic N) is 2. The lowest BCUT2D eigenvalue weighted by atomic mass is 9.85. The Bertz CT molecular complexity index is 1350. The quantitative estimate of drug-likeness (QED) is 0.358. The van der Waals surface area contributed by atoms with E-state index in [1.165, 1.54) is 5.56 Å². The first-order valence-corrected chi connectivity index (χ1v) is 11.6. The van der Waals surface area contributed by atoms with Gasteiger partial charge in [0.2, 0.25) is 0 Å². The van der Waals surface area contributed by atoms with Crippen LogP contribution in [0.2, 0.25) is 5.02 Å². The van der Waals surface area contributed by atoms with E-state index in [0.29, 0.717) is 28.5 Å². The van der Waals surface area contributed by atoms with Gasteiger partial charge in [-0.3, -0.25) is 9.89 Å². The number of fused-ring (bicyclic) bond motifs is 1. The van der Waals surface area contributed by atoms with Crippen LogP contribution < -0.4 is 0 Å². The SMILES string of the molecule is CC(C)(C)c1ccc(C2c3c(-c4ccccc4O)n[nH]c3C(=O)N2Cc2ccc(Cl)cc2)cc1. The van der Waals surface area contributed by atoms with Gasteiger partial charge in [-0.2, -0.15) is 5.10 Å². The number of para-hydroxylation sites is 1. The Morgan fingerprint density at radius 1 is 1.00 bits per heavy atom. The number of carbonyl (C=O) groups excluding carboxylic acids is 1. The number of phenols is 1. The van der Waals surface area contributed by atoms with Gasteiger partial charge < -0.3 is 10.0 Å². The summed E-state index contributed by atoms with van der Waals surface area (Å²) in [5, 5.41) is 18.6. The Hall–Kier alpha value is -3.57. The molecule has 5 nitrogen and oxygen atoms in total. The monoisotopic (exact) mass is 471 g/mol. The second-order valence-corrected chi connectivity index (χ2v) is 10.1. The van der Waals surface area contributed by atoms with Gasteiger partial charge in [0.15, 0.2) is 0 Å². The van der Waals surface area contributed by atoms with Crippen molar-refractivity contribution in [2.45, 2.75) is 38.8 Å². The number of H-pyrrole nitrogens is 1. The summed E-state index contributed by atoms with van der Waals surface area (Å²) in [4.78, 5) is 15.4. The molecule has 0 bridgehead atoms. The van der Waals surface area contributed by atoms with Crippen molar-refractivity contribution in [1.82, 2.24) is 15.1 Å². The molecule has 1 aliphatic rings. The van der Waals surface area contributed by atoms with Crippen molar-refractivity contribution in [3.63, 3.8) is 0 Å². The Balaban J connectivity index is 1.64. The number of benzene rings is 3. The Kier molecular flexibility index (Phi) is 5.45. The summed E-state index contributed by atoms with van der Waals surface area (Å²) in [5.74, 6) is 0.00579. The molecular formula is C28H26ClN3O2. The van der Waals surface area contributed by atoms with Gasteiger partial charge in [0.1, 0.15) is 17.1 Å². The fourth-order valence-electron chi connectivity index (χ4n) is 4.54. The van der Waals surface area contributed by atoms with Crippen LogP contribution in [0.15, 0.2) is 72.8 Å². The molecule has 0 aliphatic carbocycles. The van der Waals surface area contributed by atoms with Crippen LogP contribution in [0.4, 0.5) is 0 Å². The van der Waals surface area contributed by atoms with Crippen molar-refractivity contribution in [3.05, 3.63) is 106 Å². The molecular weight excluding hydrogens is 446 g/mol. The van der Waals surface area contributed by atoms with Crippen LogP contribution in [0.3, 0.4) is 0 Å². The maximum atomic E-state index is 13.6. The first kappa shape index (κ1) is 22.2. The van der Waals surface area contributed by atoms with E-state index in [2.05, 4.69) is 55.2 Å². The highest BCUT2D eigenvalue weighted by molar-refractivity contribution is 6.30. The number of phenolic OH excluding ortho intramolecular Hbond substituents is 1. The fourth-order valence-corrected chi connectivity index (χ4v) is 4.66. The molecule has 0 saturated heterocycles. The third-order valence-corrected chi connectivity index (χ3v) is 6.63. The van der Waals surface area contributed by atoms with Gasteiger partial charge in [0, 0.05) is 22.7 Å². The molecule has 1 amide bonds. The van der Waals surface area contributed by atoms with Crippen LogP contribution in [-0.2, 0) is 12.0 Å². The normalized spacial score (nSPS) is 15.6. The smallest absolute Gasteiger partial charge is 0.273 e. The summed E-state index contributed by atoms with van der Waals surface area (Å²) < 4.78 is 0. The van der Waals surface area contributed by atoms with Crippen LogP contribution in [0.1, 0.15) is 59.6 Å². The molecule has 3 aromatic carbocycles. The molecule has 34 heavy (non-hydrogen) atoms. The van der Waals surface area contributed by atoms with Gasteiger partial charge in [-0.15, -0.1) is 0 Å². The van der Waals surface area contributed by atoms with Crippen molar-refractivity contribution in [1.29, 1.82) is 0 Å². The number of aromatic nitrogens is 2. The van der Waals surface area contributed by atoms with E-state index >= 15 is 0 Å². The zero-order valence-corrected chi connectivity index (χ0v) is 20.1. The lowest BCUT2D eigenvalue weighted by Crippen LogP contribution is -2.29. The molecule has 0 radical (unpaired) electrons. The summed E-state index contributed by atoms with van der Waals surface area (Å²) in [6.45, 7) is 6.96. The van der Waals surface area contributed by atoms with Crippen LogP contribution in [0.5, 0.6) is 5.75 Å². The minimum absolute atomic E-state index is 0.0226.